The quantitative estimate of drug-likeness (QED) is 0.773. The Labute approximate surface area is 119 Å². The number of nitrogens with zero attached hydrogens (tertiary/aromatic N) is 1. The van der Waals surface area contributed by atoms with E-state index in [2.05, 4.69) is 0 Å². The molecule has 1 fully saturated rings. The molecule has 5 nitrogen and oxygen atoms in total. The molecule has 0 bridgehead atoms. The van der Waals surface area contributed by atoms with E-state index < -0.39 is 0 Å². The third-order valence-corrected chi connectivity index (χ3v) is 3.94. The third kappa shape index (κ3) is 3.57. The molecule has 2 amide bonds. The first kappa shape index (κ1) is 14.5. The maximum atomic E-state index is 12.3. The number of primary amides is 1. The molecule has 3 N–H and O–H groups in total. The van der Waals surface area contributed by atoms with Crippen molar-refractivity contribution in [1.82, 2.24) is 0 Å². The zero-order valence-electron chi connectivity index (χ0n) is 11.8. The summed E-state index contributed by atoms with van der Waals surface area (Å²) in [4.78, 5) is 26.3. The highest BCUT2D eigenvalue weighted by atomic mass is 16.2. The largest absolute Gasteiger partial charge is 0.369 e. The van der Waals surface area contributed by atoms with E-state index >= 15 is 0 Å². The van der Waals surface area contributed by atoms with Crippen molar-refractivity contribution in [2.75, 3.05) is 31.6 Å². The van der Waals surface area contributed by atoms with Crippen molar-refractivity contribution in [1.29, 1.82) is 0 Å². The molecule has 0 saturated carbocycles. The van der Waals surface area contributed by atoms with E-state index in [0.29, 0.717) is 13.1 Å². The summed E-state index contributed by atoms with van der Waals surface area (Å²) >= 11 is 0. The molecule has 1 saturated heterocycles. The Morgan fingerprint density at radius 1 is 1.35 bits per heavy atom. The fraction of sp³-hybridized carbons (Fsp3) is 0.467. The van der Waals surface area contributed by atoms with Crippen molar-refractivity contribution in [3.05, 3.63) is 30.3 Å². The normalized spacial score (nSPS) is 22.2. The molecular weight excluding hydrogens is 254 g/mol. The van der Waals surface area contributed by atoms with Gasteiger partial charge in [-0.15, -0.1) is 0 Å². The Hall–Kier alpha value is -1.88. The molecule has 0 aliphatic carbocycles. The number of carbonyl (C=O) groups is 2. The highest BCUT2D eigenvalue weighted by molar-refractivity contribution is 5.93. The number of quaternary nitrogens is 1. The van der Waals surface area contributed by atoms with E-state index in [1.807, 2.05) is 30.3 Å². The van der Waals surface area contributed by atoms with Crippen LogP contribution in [0.2, 0.25) is 0 Å². The van der Waals surface area contributed by atoms with Gasteiger partial charge in [-0.3, -0.25) is 9.59 Å². The molecule has 1 aromatic rings. The first-order valence-corrected chi connectivity index (χ1v) is 7.02. The number of benzene rings is 1. The summed E-state index contributed by atoms with van der Waals surface area (Å²) in [5.41, 5.74) is 6.25. The summed E-state index contributed by atoms with van der Waals surface area (Å²) < 4.78 is 0. The van der Waals surface area contributed by atoms with Crippen molar-refractivity contribution in [3.8, 4) is 0 Å². The highest BCUT2D eigenvalue weighted by Crippen LogP contribution is 2.11. The van der Waals surface area contributed by atoms with Crippen LogP contribution in [0.25, 0.3) is 0 Å². The number of carbonyl (C=O) groups excluding carboxylic acids is 2. The molecule has 0 aromatic heterocycles. The second-order valence-corrected chi connectivity index (χ2v) is 5.41. The fourth-order valence-electron chi connectivity index (χ4n) is 2.68. The number of likely N-dealkylation sites (tertiary alicyclic amines) is 1. The Morgan fingerprint density at radius 3 is 2.70 bits per heavy atom. The molecule has 2 atom stereocenters. The van der Waals surface area contributed by atoms with E-state index in [4.69, 9.17) is 5.73 Å². The van der Waals surface area contributed by atoms with Crippen molar-refractivity contribution in [2.24, 2.45) is 11.7 Å². The topological polar surface area (TPSA) is 67.8 Å². The summed E-state index contributed by atoms with van der Waals surface area (Å²) in [6.45, 7) is 2.01. The van der Waals surface area contributed by atoms with Gasteiger partial charge in [0.05, 0.1) is 19.0 Å². The Bertz CT molecular complexity index is 475. The maximum Gasteiger partial charge on any atom is 0.281 e. The van der Waals surface area contributed by atoms with E-state index in [1.165, 1.54) is 0 Å². The molecule has 1 aromatic carbocycles. The summed E-state index contributed by atoms with van der Waals surface area (Å²) in [6.07, 6.45) is 1.80. The molecule has 1 unspecified atom stereocenters. The summed E-state index contributed by atoms with van der Waals surface area (Å²) in [5.74, 6) is -0.268. The van der Waals surface area contributed by atoms with E-state index in [1.54, 1.807) is 11.9 Å². The van der Waals surface area contributed by atoms with Crippen LogP contribution in [0.4, 0.5) is 5.69 Å². The molecule has 2 rings (SSSR count). The number of para-hydroxylation sites is 1. The Morgan fingerprint density at radius 2 is 2.05 bits per heavy atom. The van der Waals surface area contributed by atoms with Crippen LogP contribution >= 0.6 is 0 Å². The fourth-order valence-corrected chi connectivity index (χ4v) is 2.68. The molecule has 0 radical (unpaired) electrons. The first-order chi connectivity index (χ1) is 9.58. The van der Waals surface area contributed by atoms with Crippen LogP contribution in [0.15, 0.2) is 30.3 Å². The smallest absolute Gasteiger partial charge is 0.281 e. The number of amides is 2. The second-order valence-electron chi connectivity index (χ2n) is 5.41. The maximum absolute atomic E-state index is 12.3. The van der Waals surface area contributed by atoms with Crippen LogP contribution in [-0.4, -0.2) is 38.5 Å². The zero-order chi connectivity index (χ0) is 14.5. The minimum absolute atomic E-state index is 0.0660. The number of hydrogen-bond donors (Lipinski definition) is 2. The van der Waals surface area contributed by atoms with Gasteiger partial charge in [0.1, 0.15) is 0 Å². The number of piperidine rings is 1. The van der Waals surface area contributed by atoms with Crippen LogP contribution in [0, 0.1) is 5.92 Å². The van der Waals surface area contributed by atoms with Gasteiger partial charge in [0.2, 0.25) is 5.91 Å². The van der Waals surface area contributed by atoms with Gasteiger partial charge in [-0.2, -0.15) is 0 Å². The molecule has 20 heavy (non-hydrogen) atoms. The molecule has 1 aliphatic rings. The SMILES string of the molecule is CN(C(=O)C[NH+]1CCC[C@H](C(N)=O)C1)c1ccccc1. The summed E-state index contributed by atoms with van der Waals surface area (Å²) in [6, 6.07) is 9.58. The molecule has 108 valence electrons. The lowest BCUT2D eigenvalue weighted by Crippen LogP contribution is -3.15. The van der Waals surface area contributed by atoms with Crippen LogP contribution in [0.5, 0.6) is 0 Å². The van der Waals surface area contributed by atoms with Gasteiger partial charge < -0.3 is 15.5 Å². The molecular formula is C15H22N3O2+. The van der Waals surface area contributed by atoms with Crippen molar-refractivity contribution in [2.45, 2.75) is 12.8 Å². The van der Waals surface area contributed by atoms with Crippen molar-refractivity contribution >= 4 is 17.5 Å². The van der Waals surface area contributed by atoms with E-state index in [0.717, 1.165) is 30.0 Å². The van der Waals surface area contributed by atoms with Crippen LogP contribution in [0.3, 0.4) is 0 Å². The van der Waals surface area contributed by atoms with Crippen LogP contribution in [0.1, 0.15) is 12.8 Å². The monoisotopic (exact) mass is 276 g/mol. The van der Waals surface area contributed by atoms with Gasteiger partial charge in [0.25, 0.3) is 5.91 Å². The van der Waals surface area contributed by atoms with Crippen molar-refractivity contribution in [3.63, 3.8) is 0 Å². The lowest BCUT2D eigenvalue weighted by Gasteiger charge is -2.29. The second kappa shape index (κ2) is 6.52. The Kier molecular flexibility index (Phi) is 4.74. The lowest BCUT2D eigenvalue weighted by molar-refractivity contribution is -0.899. The zero-order valence-corrected chi connectivity index (χ0v) is 11.8. The van der Waals surface area contributed by atoms with Crippen molar-refractivity contribution < 1.29 is 14.5 Å². The number of rotatable bonds is 4. The molecule has 1 aliphatic heterocycles. The van der Waals surface area contributed by atoms with Gasteiger partial charge in [0, 0.05) is 12.7 Å². The summed E-state index contributed by atoms with van der Waals surface area (Å²) in [7, 11) is 1.78. The molecule has 1 heterocycles. The number of nitrogens with two attached hydrogens (primary N) is 1. The minimum atomic E-state index is -0.244. The summed E-state index contributed by atoms with van der Waals surface area (Å²) in [5, 5.41) is 0. The van der Waals surface area contributed by atoms with Gasteiger partial charge >= 0.3 is 0 Å². The number of likely N-dealkylation sites (N-methyl/N-ethyl adjacent to an activating group) is 1. The number of anilines is 1. The first-order valence-electron chi connectivity index (χ1n) is 7.02. The predicted octanol–water partition coefficient (Wildman–Crippen LogP) is -0.570. The van der Waals surface area contributed by atoms with E-state index in [9.17, 15) is 9.59 Å². The van der Waals surface area contributed by atoms with Crippen LogP contribution in [-0.2, 0) is 9.59 Å². The van der Waals surface area contributed by atoms with Crippen LogP contribution < -0.4 is 15.5 Å². The average Bonchev–Trinajstić information content (AvgIpc) is 2.47. The average molecular weight is 276 g/mol. The molecule has 0 spiro atoms. The van der Waals surface area contributed by atoms with E-state index in [-0.39, 0.29) is 17.7 Å². The van der Waals surface area contributed by atoms with Gasteiger partial charge in [-0.25, -0.2) is 0 Å². The van der Waals surface area contributed by atoms with Gasteiger partial charge in [-0.05, 0) is 25.0 Å². The minimum Gasteiger partial charge on any atom is -0.369 e. The van der Waals surface area contributed by atoms with Gasteiger partial charge in [-0.1, -0.05) is 18.2 Å². The predicted molar refractivity (Wildman–Crippen MR) is 77.3 cm³/mol. The molecule has 5 heteroatoms. The Balaban J connectivity index is 1.92. The van der Waals surface area contributed by atoms with Gasteiger partial charge in [0.15, 0.2) is 6.54 Å². The standard InChI is InChI=1S/C15H21N3O2/c1-17(13-7-3-2-4-8-13)14(19)11-18-9-5-6-12(10-18)15(16)20/h2-4,7-8,12H,5-6,9-11H2,1H3,(H2,16,20)/p+1/t12-/m0/s1. The highest BCUT2D eigenvalue weighted by Gasteiger charge is 2.29. The number of nitrogens with one attached hydrogen (secondary N) is 1. The number of hydrogen-bond acceptors (Lipinski definition) is 2. The lowest BCUT2D eigenvalue weighted by atomic mass is 9.97. The third-order valence-electron chi connectivity index (χ3n) is 3.94.